The van der Waals surface area contributed by atoms with Crippen molar-refractivity contribution in [3.05, 3.63) is 87.3 Å². The topological polar surface area (TPSA) is 58.4 Å². The van der Waals surface area contributed by atoms with Crippen LogP contribution in [-0.2, 0) is 12.7 Å². The molecule has 0 unspecified atom stereocenters. The Bertz CT molecular complexity index is 1240. The summed E-state index contributed by atoms with van der Waals surface area (Å²) >= 11 is 0. The number of aryl methyl sites for hydroxylation is 1. The number of alkyl halides is 3. The molecule has 0 atom stereocenters. The summed E-state index contributed by atoms with van der Waals surface area (Å²) in [6.07, 6.45) is -4.52. The molecule has 0 saturated carbocycles. The lowest BCUT2D eigenvalue weighted by Crippen LogP contribution is -2.38. The van der Waals surface area contributed by atoms with Crippen LogP contribution < -0.4 is 10.3 Å². The van der Waals surface area contributed by atoms with Crippen molar-refractivity contribution in [1.82, 2.24) is 14.7 Å². The van der Waals surface area contributed by atoms with Gasteiger partial charge in [0.2, 0.25) is 5.43 Å². The van der Waals surface area contributed by atoms with Crippen LogP contribution in [0.15, 0.2) is 59.4 Å². The largest absolute Gasteiger partial charge is 0.416 e. The number of benzene rings is 2. The summed E-state index contributed by atoms with van der Waals surface area (Å²) in [5, 5.41) is 4.18. The quantitative estimate of drug-likeness (QED) is 0.608. The van der Waals surface area contributed by atoms with E-state index in [1.807, 2.05) is 36.2 Å². The average Bonchev–Trinajstić information content (AvgIpc) is 2.92. The third-order valence-corrected chi connectivity index (χ3v) is 5.48. The molecule has 0 radical (unpaired) electrons. The molecule has 2 aromatic carbocycles. The number of likely N-dealkylation sites (N-methyl/N-ethyl adjacent to an activating group) is 1. The molecule has 1 aromatic heterocycles. The van der Waals surface area contributed by atoms with Gasteiger partial charge in [0.05, 0.1) is 11.3 Å². The highest BCUT2D eigenvalue weighted by molar-refractivity contribution is 5.92. The second-order valence-corrected chi connectivity index (χ2v) is 7.74. The van der Waals surface area contributed by atoms with Crippen molar-refractivity contribution in [2.75, 3.05) is 25.0 Å². The van der Waals surface area contributed by atoms with Crippen LogP contribution in [-0.4, -0.2) is 40.7 Å². The Balaban J connectivity index is 1.72. The zero-order chi connectivity index (χ0) is 23.0. The van der Waals surface area contributed by atoms with Crippen LogP contribution in [0.25, 0.3) is 5.69 Å². The first-order valence-electron chi connectivity index (χ1n) is 10.0. The minimum absolute atomic E-state index is 0.118. The number of hydrogen-bond acceptors (Lipinski definition) is 4. The monoisotopic (exact) mass is 442 g/mol. The molecule has 6 nitrogen and oxygen atoms in total. The third kappa shape index (κ3) is 4.10. The molecule has 166 valence electrons. The second-order valence-electron chi connectivity index (χ2n) is 7.74. The van der Waals surface area contributed by atoms with Gasteiger partial charge in [0.25, 0.3) is 5.91 Å². The minimum Gasteiger partial charge on any atom is -0.373 e. The Morgan fingerprint density at radius 3 is 2.53 bits per heavy atom. The van der Waals surface area contributed by atoms with E-state index in [2.05, 4.69) is 5.10 Å². The Labute approximate surface area is 182 Å². The summed E-state index contributed by atoms with van der Waals surface area (Å²) in [7, 11) is 1.93. The number of aromatic nitrogens is 2. The summed E-state index contributed by atoms with van der Waals surface area (Å²) in [6, 6.07) is 13.5. The normalized spacial score (nSPS) is 14.2. The highest BCUT2D eigenvalue weighted by atomic mass is 19.4. The van der Waals surface area contributed by atoms with Gasteiger partial charge in [0.15, 0.2) is 5.69 Å². The van der Waals surface area contributed by atoms with E-state index in [9.17, 15) is 22.8 Å². The van der Waals surface area contributed by atoms with Gasteiger partial charge in [-0.1, -0.05) is 24.3 Å². The molecule has 3 aromatic rings. The molecule has 9 heteroatoms. The van der Waals surface area contributed by atoms with Crippen molar-refractivity contribution >= 4 is 11.6 Å². The van der Waals surface area contributed by atoms with Crippen molar-refractivity contribution in [1.29, 1.82) is 0 Å². The van der Waals surface area contributed by atoms with E-state index >= 15 is 0 Å². The van der Waals surface area contributed by atoms with Crippen molar-refractivity contribution in [2.24, 2.45) is 0 Å². The molecule has 32 heavy (non-hydrogen) atoms. The number of para-hydroxylation sites is 1. The number of fused-ring (bicyclic) bond motifs is 1. The van der Waals surface area contributed by atoms with E-state index in [1.165, 1.54) is 27.8 Å². The molecule has 0 N–H and O–H groups in total. The van der Waals surface area contributed by atoms with E-state index in [1.54, 1.807) is 6.92 Å². The zero-order valence-corrected chi connectivity index (χ0v) is 17.6. The van der Waals surface area contributed by atoms with Crippen LogP contribution in [0.4, 0.5) is 18.9 Å². The van der Waals surface area contributed by atoms with Crippen molar-refractivity contribution in [3.63, 3.8) is 0 Å². The number of halogens is 3. The van der Waals surface area contributed by atoms with E-state index in [-0.39, 0.29) is 11.4 Å². The van der Waals surface area contributed by atoms with E-state index in [0.29, 0.717) is 25.3 Å². The van der Waals surface area contributed by atoms with Crippen LogP contribution in [0.2, 0.25) is 0 Å². The van der Waals surface area contributed by atoms with Gasteiger partial charge in [-0.25, -0.2) is 4.68 Å². The molecule has 0 bridgehead atoms. The summed E-state index contributed by atoms with van der Waals surface area (Å²) in [6.45, 7) is 2.80. The fourth-order valence-corrected chi connectivity index (χ4v) is 3.79. The summed E-state index contributed by atoms with van der Waals surface area (Å²) in [5.41, 5.74) is 0.651. The first-order valence-corrected chi connectivity index (χ1v) is 10.0. The first-order chi connectivity index (χ1) is 15.1. The van der Waals surface area contributed by atoms with E-state index in [0.717, 1.165) is 23.4 Å². The number of carbonyl (C=O) groups excluding carboxylic acids is 1. The average molecular weight is 442 g/mol. The molecule has 1 aliphatic heterocycles. The van der Waals surface area contributed by atoms with Crippen LogP contribution in [0.5, 0.6) is 0 Å². The van der Waals surface area contributed by atoms with Crippen LogP contribution >= 0.6 is 0 Å². The zero-order valence-electron chi connectivity index (χ0n) is 17.6. The maximum absolute atomic E-state index is 13.3. The lowest BCUT2D eigenvalue weighted by atomic mass is 10.1. The molecule has 0 aliphatic carbocycles. The van der Waals surface area contributed by atoms with Crippen molar-refractivity contribution < 1.29 is 18.0 Å². The van der Waals surface area contributed by atoms with E-state index < -0.39 is 23.1 Å². The summed E-state index contributed by atoms with van der Waals surface area (Å²) in [5.74, 6) is -0.555. The number of anilines is 1. The van der Waals surface area contributed by atoms with Gasteiger partial charge in [-0.2, -0.15) is 18.3 Å². The summed E-state index contributed by atoms with van der Waals surface area (Å²) in [4.78, 5) is 29.5. The molecule has 0 spiro atoms. The molecular weight excluding hydrogens is 421 g/mol. The molecule has 1 aliphatic rings. The standard InChI is InChI=1S/C23H21F3N4O2/c1-15-12-20(31)21(27-30(15)18-8-5-7-17(13-18)23(24,25)26)22(32)29-11-10-28(2)19-9-4-3-6-16(19)14-29/h3-9,12-13H,10-11,14H2,1-2H3. The number of amides is 1. The van der Waals surface area contributed by atoms with E-state index in [4.69, 9.17) is 0 Å². The molecule has 1 amide bonds. The van der Waals surface area contributed by atoms with Crippen molar-refractivity contribution in [2.45, 2.75) is 19.6 Å². The highest BCUT2D eigenvalue weighted by Gasteiger charge is 2.31. The lowest BCUT2D eigenvalue weighted by molar-refractivity contribution is -0.137. The van der Waals surface area contributed by atoms with Gasteiger partial charge < -0.3 is 9.80 Å². The van der Waals surface area contributed by atoms with Gasteiger partial charge in [0, 0.05) is 44.1 Å². The smallest absolute Gasteiger partial charge is 0.373 e. The first kappa shape index (κ1) is 21.6. The molecule has 4 rings (SSSR count). The molecule has 2 heterocycles. The Morgan fingerprint density at radius 2 is 1.78 bits per heavy atom. The Morgan fingerprint density at radius 1 is 1.03 bits per heavy atom. The fourth-order valence-electron chi connectivity index (χ4n) is 3.79. The minimum atomic E-state index is -4.52. The number of carbonyl (C=O) groups is 1. The Hall–Kier alpha value is -3.62. The number of nitrogens with zero attached hydrogens (tertiary/aromatic N) is 4. The SMILES string of the molecule is Cc1cc(=O)c(C(=O)N2CCN(C)c3ccccc3C2)nn1-c1cccc(C(F)(F)F)c1. The van der Waals surface area contributed by atoms with Crippen LogP contribution in [0, 0.1) is 6.92 Å². The maximum Gasteiger partial charge on any atom is 0.416 e. The second kappa shape index (κ2) is 8.14. The number of hydrogen-bond donors (Lipinski definition) is 0. The molecule has 0 saturated heterocycles. The third-order valence-electron chi connectivity index (χ3n) is 5.48. The highest BCUT2D eigenvalue weighted by Crippen LogP contribution is 2.30. The van der Waals surface area contributed by atoms with Crippen LogP contribution in [0.1, 0.15) is 27.3 Å². The van der Waals surface area contributed by atoms with Gasteiger partial charge >= 0.3 is 6.18 Å². The molecule has 0 fully saturated rings. The van der Waals surface area contributed by atoms with Gasteiger partial charge in [0.1, 0.15) is 0 Å². The maximum atomic E-state index is 13.3. The number of rotatable bonds is 2. The molecular formula is C23H21F3N4O2. The predicted octanol–water partition coefficient (Wildman–Crippen LogP) is 3.65. The van der Waals surface area contributed by atoms with Gasteiger partial charge in [-0.15, -0.1) is 0 Å². The van der Waals surface area contributed by atoms with Gasteiger partial charge in [-0.3, -0.25) is 9.59 Å². The summed E-state index contributed by atoms with van der Waals surface area (Å²) < 4.78 is 40.6. The predicted molar refractivity (Wildman–Crippen MR) is 114 cm³/mol. The van der Waals surface area contributed by atoms with Crippen LogP contribution in [0.3, 0.4) is 0 Å². The fraction of sp³-hybridized carbons (Fsp3) is 0.261. The van der Waals surface area contributed by atoms with Gasteiger partial charge in [-0.05, 0) is 36.8 Å². The lowest BCUT2D eigenvalue weighted by Gasteiger charge is -2.21. The van der Waals surface area contributed by atoms with Crippen molar-refractivity contribution in [3.8, 4) is 5.69 Å². The Kier molecular flexibility index (Phi) is 5.50.